The van der Waals surface area contributed by atoms with Crippen molar-refractivity contribution in [2.75, 3.05) is 19.3 Å². The SMILES string of the molecule is CSC1(/C(N)=N/O)CCN(C(=O)c2ccn(C)n2)CC1. The van der Waals surface area contributed by atoms with Gasteiger partial charge in [0.1, 0.15) is 5.69 Å². The largest absolute Gasteiger partial charge is 0.409 e. The second-order valence-corrected chi connectivity index (χ2v) is 6.04. The number of hydrogen-bond acceptors (Lipinski definition) is 5. The van der Waals surface area contributed by atoms with Crippen LogP contribution >= 0.6 is 11.8 Å². The number of nitrogens with two attached hydrogens (primary N) is 1. The number of oxime groups is 1. The quantitative estimate of drug-likeness (QED) is 0.366. The summed E-state index contributed by atoms with van der Waals surface area (Å²) in [7, 11) is 1.78. The predicted molar refractivity (Wildman–Crippen MR) is 78.0 cm³/mol. The van der Waals surface area contributed by atoms with E-state index in [4.69, 9.17) is 10.9 Å². The maximum absolute atomic E-state index is 12.3. The molecule has 1 fully saturated rings. The van der Waals surface area contributed by atoms with Gasteiger partial charge in [-0.05, 0) is 25.2 Å². The third-order valence-electron chi connectivity index (χ3n) is 3.76. The van der Waals surface area contributed by atoms with Crippen molar-refractivity contribution in [1.29, 1.82) is 0 Å². The lowest BCUT2D eigenvalue weighted by Gasteiger charge is -2.39. The van der Waals surface area contributed by atoms with E-state index in [0.29, 0.717) is 31.6 Å². The summed E-state index contributed by atoms with van der Waals surface area (Å²) in [5, 5.41) is 16.2. The molecule has 0 aliphatic carbocycles. The first kappa shape index (κ1) is 14.7. The Morgan fingerprint density at radius 1 is 1.55 bits per heavy atom. The van der Waals surface area contributed by atoms with Gasteiger partial charge in [0.05, 0.1) is 4.75 Å². The highest BCUT2D eigenvalue weighted by Crippen LogP contribution is 2.35. The van der Waals surface area contributed by atoms with Crippen molar-refractivity contribution in [3.05, 3.63) is 18.0 Å². The third kappa shape index (κ3) is 2.60. The number of amidine groups is 1. The van der Waals surface area contributed by atoms with Crippen molar-refractivity contribution in [2.24, 2.45) is 17.9 Å². The van der Waals surface area contributed by atoms with Crippen molar-refractivity contribution in [2.45, 2.75) is 17.6 Å². The van der Waals surface area contributed by atoms with Crippen LogP contribution in [0, 0.1) is 0 Å². The van der Waals surface area contributed by atoms with Crippen molar-refractivity contribution in [3.8, 4) is 0 Å². The zero-order valence-electron chi connectivity index (χ0n) is 11.6. The summed E-state index contributed by atoms with van der Waals surface area (Å²) >= 11 is 1.57. The number of aromatic nitrogens is 2. The fraction of sp³-hybridized carbons (Fsp3) is 0.583. The zero-order valence-corrected chi connectivity index (χ0v) is 12.4. The van der Waals surface area contributed by atoms with Gasteiger partial charge in [0.15, 0.2) is 5.84 Å². The predicted octanol–water partition coefficient (Wildman–Crippen LogP) is 0.504. The molecule has 2 heterocycles. The van der Waals surface area contributed by atoms with E-state index in [0.717, 1.165) is 0 Å². The highest BCUT2D eigenvalue weighted by molar-refractivity contribution is 8.00. The molecule has 1 aromatic heterocycles. The number of carbonyl (C=O) groups excluding carboxylic acids is 1. The molecule has 1 saturated heterocycles. The minimum atomic E-state index is -0.379. The van der Waals surface area contributed by atoms with Crippen LogP contribution in [0.15, 0.2) is 17.4 Å². The molecule has 1 aromatic rings. The van der Waals surface area contributed by atoms with Gasteiger partial charge in [-0.15, -0.1) is 0 Å². The second-order valence-electron chi connectivity index (χ2n) is 4.85. The molecule has 0 atom stereocenters. The van der Waals surface area contributed by atoms with Crippen LogP contribution in [0.5, 0.6) is 0 Å². The Morgan fingerprint density at radius 3 is 2.65 bits per heavy atom. The van der Waals surface area contributed by atoms with Crippen molar-refractivity contribution < 1.29 is 10.0 Å². The van der Waals surface area contributed by atoms with Crippen LogP contribution in [0.3, 0.4) is 0 Å². The molecule has 20 heavy (non-hydrogen) atoms. The maximum atomic E-state index is 12.3. The Hall–Kier alpha value is -1.70. The van der Waals surface area contributed by atoms with Gasteiger partial charge in [-0.2, -0.15) is 16.9 Å². The molecule has 0 radical (unpaired) electrons. The van der Waals surface area contributed by atoms with E-state index in [-0.39, 0.29) is 16.5 Å². The number of amides is 1. The zero-order chi connectivity index (χ0) is 14.8. The molecule has 0 spiro atoms. The number of thioether (sulfide) groups is 1. The van der Waals surface area contributed by atoms with Gasteiger partial charge < -0.3 is 15.8 Å². The molecule has 8 heteroatoms. The van der Waals surface area contributed by atoms with E-state index in [1.54, 1.807) is 40.7 Å². The first-order chi connectivity index (χ1) is 9.52. The lowest BCUT2D eigenvalue weighted by molar-refractivity contribution is 0.0711. The smallest absolute Gasteiger partial charge is 0.274 e. The van der Waals surface area contributed by atoms with Crippen molar-refractivity contribution in [3.63, 3.8) is 0 Å². The van der Waals surface area contributed by atoms with Crippen molar-refractivity contribution >= 4 is 23.5 Å². The Kier molecular flexibility index (Phi) is 4.22. The third-order valence-corrected chi connectivity index (χ3v) is 5.16. The number of carbonyl (C=O) groups is 1. The summed E-state index contributed by atoms with van der Waals surface area (Å²) in [5.74, 6) is 0.162. The van der Waals surface area contributed by atoms with Crippen LogP contribution in [-0.4, -0.2) is 55.7 Å². The summed E-state index contributed by atoms with van der Waals surface area (Å²) in [6.45, 7) is 1.15. The van der Waals surface area contributed by atoms with E-state index < -0.39 is 0 Å². The molecular formula is C12H19N5O2S. The van der Waals surface area contributed by atoms with Crippen LogP contribution < -0.4 is 5.73 Å². The lowest BCUT2D eigenvalue weighted by atomic mass is 9.94. The van der Waals surface area contributed by atoms with Crippen LogP contribution in [-0.2, 0) is 7.05 Å². The molecule has 3 N–H and O–H groups in total. The number of hydrogen-bond donors (Lipinski definition) is 2. The van der Waals surface area contributed by atoms with Gasteiger partial charge in [0.2, 0.25) is 0 Å². The number of piperidine rings is 1. The van der Waals surface area contributed by atoms with Gasteiger partial charge in [-0.3, -0.25) is 9.48 Å². The minimum Gasteiger partial charge on any atom is -0.409 e. The topological polar surface area (TPSA) is 96.7 Å². The highest BCUT2D eigenvalue weighted by Gasteiger charge is 2.39. The minimum absolute atomic E-state index is 0.0696. The average Bonchev–Trinajstić information content (AvgIpc) is 2.92. The summed E-state index contributed by atoms with van der Waals surface area (Å²) < 4.78 is 1.23. The Morgan fingerprint density at radius 2 is 2.20 bits per heavy atom. The van der Waals surface area contributed by atoms with Gasteiger partial charge >= 0.3 is 0 Å². The second kappa shape index (κ2) is 5.74. The molecule has 1 amide bonds. The number of aryl methyl sites for hydroxylation is 1. The van der Waals surface area contributed by atoms with Gasteiger partial charge in [0.25, 0.3) is 5.91 Å². The Bertz CT molecular complexity index is 520. The summed E-state index contributed by atoms with van der Waals surface area (Å²) in [6.07, 6.45) is 5.03. The maximum Gasteiger partial charge on any atom is 0.274 e. The molecule has 0 aromatic carbocycles. The van der Waals surface area contributed by atoms with E-state index >= 15 is 0 Å². The number of likely N-dealkylation sites (tertiary alicyclic amines) is 1. The van der Waals surface area contributed by atoms with E-state index in [2.05, 4.69) is 10.3 Å². The average molecular weight is 297 g/mol. The normalized spacial score (nSPS) is 19.1. The van der Waals surface area contributed by atoms with Gasteiger partial charge in [-0.25, -0.2) is 0 Å². The first-order valence-corrected chi connectivity index (χ1v) is 7.57. The summed E-state index contributed by atoms with van der Waals surface area (Å²) in [6, 6.07) is 1.71. The number of rotatable bonds is 3. The fourth-order valence-electron chi connectivity index (χ4n) is 2.42. The fourth-order valence-corrected chi connectivity index (χ4v) is 3.26. The Labute approximate surface area is 121 Å². The number of nitrogens with zero attached hydrogens (tertiary/aromatic N) is 4. The molecule has 7 nitrogen and oxygen atoms in total. The highest BCUT2D eigenvalue weighted by atomic mass is 32.2. The molecule has 1 aliphatic heterocycles. The van der Waals surface area contributed by atoms with E-state index in [1.165, 1.54) is 0 Å². The van der Waals surface area contributed by atoms with E-state index in [9.17, 15) is 4.79 Å². The van der Waals surface area contributed by atoms with Crippen molar-refractivity contribution in [1.82, 2.24) is 14.7 Å². The van der Waals surface area contributed by atoms with Gasteiger partial charge in [-0.1, -0.05) is 5.16 Å². The summed E-state index contributed by atoms with van der Waals surface area (Å²) in [5.41, 5.74) is 6.24. The Balaban J connectivity index is 2.06. The summed E-state index contributed by atoms with van der Waals surface area (Å²) in [4.78, 5) is 14.0. The first-order valence-electron chi connectivity index (χ1n) is 6.34. The van der Waals surface area contributed by atoms with Gasteiger partial charge in [0, 0.05) is 26.3 Å². The molecule has 0 unspecified atom stereocenters. The molecule has 0 bridgehead atoms. The molecule has 110 valence electrons. The van der Waals surface area contributed by atoms with E-state index in [1.807, 2.05) is 6.26 Å². The van der Waals surface area contributed by atoms with Crippen LogP contribution in [0.1, 0.15) is 23.3 Å². The molecular weight excluding hydrogens is 278 g/mol. The molecule has 2 rings (SSSR count). The van der Waals surface area contributed by atoms with Crippen LogP contribution in [0.4, 0.5) is 0 Å². The standard InChI is InChI=1S/C12H19N5O2S/c1-16-6-3-9(14-16)10(18)17-7-4-12(20-2,5-8-17)11(13)15-19/h3,6,19H,4-5,7-8H2,1-2H3,(H2,13,15). The molecule has 1 aliphatic rings. The van der Waals surface area contributed by atoms with Crippen LogP contribution in [0.25, 0.3) is 0 Å². The molecule has 0 saturated carbocycles. The monoisotopic (exact) mass is 297 g/mol. The van der Waals surface area contributed by atoms with Crippen LogP contribution in [0.2, 0.25) is 0 Å². The lowest BCUT2D eigenvalue weighted by Crippen LogP contribution is -2.51.